The predicted molar refractivity (Wildman–Crippen MR) is 95.4 cm³/mol. The second-order valence-corrected chi connectivity index (χ2v) is 6.46. The minimum absolute atomic E-state index is 0.0196. The van der Waals surface area contributed by atoms with Crippen LogP contribution in [0.15, 0.2) is 42.5 Å². The van der Waals surface area contributed by atoms with Crippen molar-refractivity contribution in [3.8, 4) is 0 Å². The summed E-state index contributed by atoms with van der Waals surface area (Å²) >= 11 is 0. The molecule has 8 nitrogen and oxygen atoms in total. The van der Waals surface area contributed by atoms with Crippen molar-refractivity contribution in [2.45, 2.75) is 19.3 Å². The van der Waals surface area contributed by atoms with E-state index >= 15 is 0 Å². The van der Waals surface area contributed by atoms with Crippen LogP contribution >= 0.6 is 0 Å². The Morgan fingerprint density at radius 2 is 1.72 bits per heavy atom. The molecule has 0 unspecified atom stereocenters. The van der Waals surface area contributed by atoms with Gasteiger partial charge < -0.3 is 9.47 Å². The van der Waals surface area contributed by atoms with Crippen LogP contribution in [-0.2, 0) is 19.3 Å². The zero-order valence-corrected chi connectivity index (χ0v) is 14.9. The van der Waals surface area contributed by atoms with E-state index in [0.717, 1.165) is 15.3 Å². The third-order valence-electron chi connectivity index (χ3n) is 4.59. The number of alkyl halides is 3. The maximum Gasteiger partial charge on any atom is 0.451 e. The number of nitrogens with one attached hydrogen (secondary N) is 2. The maximum atomic E-state index is 12.9. The first kappa shape index (κ1) is 18.7. The monoisotopic (exact) mass is 404 g/mol. The van der Waals surface area contributed by atoms with Gasteiger partial charge in [-0.25, -0.2) is 10.2 Å². The van der Waals surface area contributed by atoms with Crippen molar-refractivity contribution in [1.29, 1.82) is 0 Å². The van der Waals surface area contributed by atoms with Crippen molar-refractivity contribution in [2.24, 2.45) is 0 Å². The normalized spacial score (nSPS) is 13.8. The van der Waals surface area contributed by atoms with Crippen molar-refractivity contribution in [3.63, 3.8) is 0 Å². The van der Waals surface area contributed by atoms with Gasteiger partial charge in [0.2, 0.25) is 5.82 Å². The van der Waals surface area contributed by atoms with Gasteiger partial charge in [0, 0.05) is 18.7 Å². The number of carbonyl (C=O) groups excluding carboxylic acids is 2. The summed E-state index contributed by atoms with van der Waals surface area (Å²) in [7, 11) is 0. The summed E-state index contributed by atoms with van der Waals surface area (Å²) in [5.41, 5.74) is 4.94. The SMILES string of the molecule is O=C(NNC(=O)N1CCn2c(nnc2C(F)(F)F)C1)c1ccc2ccccc2c1. The Balaban J connectivity index is 1.38. The topological polar surface area (TPSA) is 92.2 Å². The molecule has 1 aliphatic heterocycles. The number of rotatable bonds is 1. The highest BCUT2D eigenvalue weighted by molar-refractivity contribution is 5.99. The van der Waals surface area contributed by atoms with Gasteiger partial charge in [0.15, 0.2) is 5.82 Å². The van der Waals surface area contributed by atoms with Crippen molar-refractivity contribution in [2.75, 3.05) is 6.54 Å². The number of aromatic nitrogens is 3. The van der Waals surface area contributed by atoms with Crippen molar-refractivity contribution < 1.29 is 22.8 Å². The van der Waals surface area contributed by atoms with Gasteiger partial charge in [-0.15, -0.1) is 10.2 Å². The molecule has 2 aromatic carbocycles. The fourth-order valence-electron chi connectivity index (χ4n) is 3.13. The van der Waals surface area contributed by atoms with Gasteiger partial charge in [-0.1, -0.05) is 30.3 Å². The Morgan fingerprint density at radius 3 is 2.48 bits per heavy atom. The summed E-state index contributed by atoms with van der Waals surface area (Å²) in [5, 5.41) is 8.53. The molecule has 3 aromatic rings. The van der Waals surface area contributed by atoms with E-state index in [4.69, 9.17) is 0 Å². The average Bonchev–Trinajstić information content (AvgIpc) is 3.15. The van der Waals surface area contributed by atoms with Gasteiger partial charge in [-0.05, 0) is 22.9 Å². The highest BCUT2D eigenvalue weighted by Crippen LogP contribution is 2.29. The van der Waals surface area contributed by atoms with E-state index in [1.54, 1.807) is 18.2 Å². The van der Waals surface area contributed by atoms with Crippen LogP contribution in [-0.4, -0.2) is 38.1 Å². The fraction of sp³-hybridized carbons (Fsp3) is 0.222. The molecule has 0 radical (unpaired) electrons. The van der Waals surface area contributed by atoms with E-state index in [0.29, 0.717) is 5.56 Å². The van der Waals surface area contributed by atoms with Crippen molar-refractivity contribution in [3.05, 3.63) is 59.7 Å². The molecule has 0 saturated carbocycles. The molecule has 0 saturated heterocycles. The Hall–Kier alpha value is -3.63. The maximum absolute atomic E-state index is 12.9. The molecule has 1 aromatic heterocycles. The lowest BCUT2D eigenvalue weighted by Gasteiger charge is -2.28. The molecule has 29 heavy (non-hydrogen) atoms. The zero-order chi connectivity index (χ0) is 20.6. The number of amides is 3. The number of carbonyl (C=O) groups is 2. The van der Waals surface area contributed by atoms with Gasteiger partial charge >= 0.3 is 12.2 Å². The van der Waals surface area contributed by atoms with Crippen molar-refractivity contribution >= 4 is 22.7 Å². The summed E-state index contributed by atoms with van der Waals surface area (Å²) < 4.78 is 39.6. The average molecular weight is 404 g/mol. The summed E-state index contributed by atoms with van der Waals surface area (Å²) in [5.74, 6) is -1.57. The lowest BCUT2D eigenvalue weighted by Crippen LogP contribution is -2.51. The van der Waals surface area contributed by atoms with Crippen LogP contribution in [0.2, 0.25) is 0 Å². The molecule has 0 atom stereocenters. The Morgan fingerprint density at radius 1 is 0.966 bits per heavy atom. The highest BCUT2D eigenvalue weighted by atomic mass is 19.4. The standard InChI is InChI=1S/C18H15F3N6O2/c19-18(20,21)16-24-22-14-10-26(7-8-27(14)16)17(29)25-23-15(28)13-6-5-11-3-1-2-4-12(11)9-13/h1-6,9H,7-8,10H2,(H,23,28)(H,25,29). The number of hydrogen-bond acceptors (Lipinski definition) is 4. The molecular formula is C18H15F3N6O2. The molecule has 0 spiro atoms. The molecular weight excluding hydrogens is 389 g/mol. The number of fused-ring (bicyclic) bond motifs is 2. The zero-order valence-electron chi connectivity index (χ0n) is 14.9. The van der Waals surface area contributed by atoms with E-state index in [1.165, 1.54) is 4.90 Å². The van der Waals surface area contributed by atoms with E-state index in [9.17, 15) is 22.8 Å². The fourth-order valence-corrected chi connectivity index (χ4v) is 3.13. The van der Waals surface area contributed by atoms with Gasteiger partial charge in [0.05, 0.1) is 6.54 Å². The lowest BCUT2D eigenvalue weighted by molar-refractivity contribution is -0.147. The van der Waals surface area contributed by atoms with Crippen LogP contribution in [0.25, 0.3) is 10.8 Å². The summed E-state index contributed by atoms with van der Waals surface area (Å²) in [4.78, 5) is 25.8. The van der Waals surface area contributed by atoms with E-state index < -0.39 is 23.9 Å². The molecule has 11 heteroatoms. The molecule has 4 rings (SSSR count). The number of nitrogens with zero attached hydrogens (tertiary/aromatic N) is 4. The van der Waals surface area contributed by atoms with Crippen LogP contribution in [0.4, 0.5) is 18.0 Å². The second-order valence-electron chi connectivity index (χ2n) is 6.46. The first-order valence-corrected chi connectivity index (χ1v) is 8.66. The third-order valence-corrected chi connectivity index (χ3v) is 4.59. The van der Waals surface area contributed by atoms with E-state index in [2.05, 4.69) is 21.0 Å². The minimum atomic E-state index is -4.61. The van der Waals surface area contributed by atoms with Crippen LogP contribution in [0.3, 0.4) is 0 Å². The Bertz CT molecular complexity index is 1090. The molecule has 0 fully saturated rings. The summed E-state index contributed by atoms with van der Waals surface area (Å²) in [6.45, 7) is -0.226. The largest absolute Gasteiger partial charge is 0.451 e. The number of hydrazine groups is 1. The second kappa shape index (κ2) is 7.08. The van der Waals surface area contributed by atoms with Gasteiger partial charge in [0.1, 0.15) is 0 Å². The van der Waals surface area contributed by atoms with Gasteiger partial charge in [0.25, 0.3) is 5.91 Å². The van der Waals surface area contributed by atoms with E-state index in [1.807, 2.05) is 24.3 Å². The first-order chi connectivity index (χ1) is 13.8. The van der Waals surface area contributed by atoms with Crippen molar-refractivity contribution in [1.82, 2.24) is 30.5 Å². The van der Waals surface area contributed by atoms with Crippen LogP contribution in [0.1, 0.15) is 22.0 Å². The Labute approximate surface area is 162 Å². The van der Waals surface area contributed by atoms with Gasteiger partial charge in [-0.3, -0.25) is 10.2 Å². The first-order valence-electron chi connectivity index (χ1n) is 8.66. The molecule has 2 heterocycles. The predicted octanol–water partition coefficient (Wildman–Crippen LogP) is 2.32. The van der Waals surface area contributed by atoms with Crippen LogP contribution < -0.4 is 10.9 Å². The molecule has 0 bridgehead atoms. The number of urea groups is 1. The number of halogens is 3. The number of hydrogen-bond donors (Lipinski definition) is 2. The lowest BCUT2D eigenvalue weighted by atomic mass is 10.1. The molecule has 3 amide bonds. The Kier molecular flexibility index (Phi) is 4.57. The van der Waals surface area contributed by atoms with Gasteiger partial charge in [-0.2, -0.15) is 13.2 Å². The molecule has 2 N–H and O–H groups in total. The van der Waals surface area contributed by atoms with Crippen LogP contribution in [0, 0.1) is 0 Å². The molecule has 150 valence electrons. The van der Waals surface area contributed by atoms with Crippen LogP contribution in [0.5, 0.6) is 0 Å². The minimum Gasteiger partial charge on any atom is -0.314 e. The summed E-state index contributed by atoms with van der Waals surface area (Å²) in [6, 6.07) is 12.0. The van der Waals surface area contributed by atoms with E-state index in [-0.39, 0.29) is 25.5 Å². The molecule has 0 aliphatic carbocycles. The smallest absolute Gasteiger partial charge is 0.314 e. The summed E-state index contributed by atoms with van der Waals surface area (Å²) in [6.07, 6.45) is -4.61. The quantitative estimate of drug-likeness (QED) is 0.609. The third kappa shape index (κ3) is 3.71. The highest BCUT2D eigenvalue weighted by Gasteiger charge is 2.39. The molecule has 1 aliphatic rings. The number of benzene rings is 2.